The normalized spacial score (nSPS) is 13.1. The zero-order valence-electron chi connectivity index (χ0n) is 20.7. The average molecular weight is 543 g/mol. The molecule has 2 aromatic heterocycles. The van der Waals surface area contributed by atoms with Gasteiger partial charge in [0.1, 0.15) is 18.0 Å². The second-order valence-corrected chi connectivity index (χ2v) is 9.18. The highest BCUT2D eigenvalue weighted by atomic mass is 32.1. The lowest BCUT2D eigenvalue weighted by molar-refractivity contribution is -0.140. The Bertz CT molecular complexity index is 1480. The van der Waals surface area contributed by atoms with Crippen LogP contribution in [0.3, 0.4) is 0 Å². The fourth-order valence-corrected chi connectivity index (χ4v) is 4.70. The van der Waals surface area contributed by atoms with E-state index in [4.69, 9.17) is 4.74 Å². The number of amides is 4. The molecule has 12 heteroatoms. The van der Waals surface area contributed by atoms with E-state index in [-0.39, 0.29) is 23.4 Å². The molecule has 196 valence electrons. The molecule has 4 aromatic rings. The molecule has 0 fully saturated rings. The summed E-state index contributed by atoms with van der Waals surface area (Å²) in [6, 6.07) is 15.3. The summed E-state index contributed by atoms with van der Waals surface area (Å²) < 4.78 is 9.06. The molecule has 4 amide bonds. The van der Waals surface area contributed by atoms with Crippen LogP contribution < -0.4 is 10.1 Å². The molecule has 1 aliphatic heterocycles. The SMILES string of the molecule is COc1ccc(NC(=O)C(c2csnn2)N(Cc2cccnc2)C(=O)CN2C(=O)c3ccccc3C2=O)cc1. The number of rotatable bonds is 9. The van der Waals surface area contributed by atoms with Gasteiger partial charge in [-0.15, -0.1) is 5.10 Å². The molecule has 3 heterocycles. The van der Waals surface area contributed by atoms with Crippen LogP contribution in [0, 0.1) is 0 Å². The highest BCUT2D eigenvalue weighted by molar-refractivity contribution is 7.03. The Balaban J connectivity index is 1.47. The topological polar surface area (TPSA) is 135 Å². The number of carbonyl (C=O) groups excluding carboxylic acids is 4. The van der Waals surface area contributed by atoms with Crippen molar-refractivity contribution in [2.75, 3.05) is 19.0 Å². The van der Waals surface area contributed by atoms with Crippen LogP contribution in [0.1, 0.15) is 38.0 Å². The van der Waals surface area contributed by atoms with Gasteiger partial charge in [0, 0.05) is 30.0 Å². The van der Waals surface area contributed by atoms with E-state index in [0.717, 1.165) is 16.4 Å². The van der Waals surface area contributed by atoms with Gasteiger partial charge in [0.25, 0.3) is 17.7 Å². The lowest BCUT2D eigenvalue weighted by Crippen LogP contribution is -2.47. The van der Waals surface area contributed by atoms with E-state index < -0.39 is 36.2 Å². The summed E-state index contributed by atoms with van der Waals surface area (Å²) in [4.78, 5) is 59.7. The van der Waals surface area contributed by atoms with Gasteiger partial charge in [0.05, 0.1) is 18.2 Å². The van der Waals surface area contributed by atoms with Crippen molar-refractivity contribution >= 4 is 40.8 Å². The number of hydrogen-bond acceptors (Lipinski definition) is 9. The molecule has 39 heavy (non-hydrogen) atoms. The minimum Gasteiger partial charge on any atom is -0.497 e. The lowest BCUT2D eigenvalue weighted by atomic mass is 10.1. The maximum absolute atomic E-state index is 13.8. The highest BCUT2D eigenvalue weighted by Crippen LogP contribution is 2.27. The number of methoxy groups -OCH3 is 1. The molecule has 0 aliphatic carbocycles. The van der Waals surface area contributed by atoms with Crippen molar-refractivity contribution in [3.8, 4) is 5.75 Å². The van der Waals surface area contributed by atoms with E-state index in [2.05, 4.69) is 19.9 Å². The maximum atomic E-state index is 13.8. The quantitative estimate of drug-likeness (QED) is 0.319. The Morgan fingerprint density at radius 1 is 1.03 bits per heavy atom. The molecule has 5 rings (SSSR count). The number of nitrogens with zero attached hydrogens (tertiary/aromatic N) is 5. The van der Waals surface area contributed by atoms with Crippen LogP contribution in [0.15, 0.2) is 78.4 Å². The fourth-order valence-electron chi connectivity index (χ4n) is 4.23. The van der Waals surface area contributed by atoms with Gasteiger partial charge in [-0.05, 0) is 59.6 Å². The summed E-state index contributed by atoms with van der Waals surface area (Å²) in [5, 5.41) is 8.46. The summed E-state index contributed by atoms with van der Waals surface area (Å²) >= 11 is 1.03. The first kappa shape index (κ1) is 25.7. The van der Waals surface area contributed by atoms with Gasteiger partial charge in [0.2, 0.25) is 5.91 Å². The van der Waals surface area contributed by atoms with Gasteiger partial charge in [-0.25, -0.2) is 0 Å². The first-order valence-electron chi connectivity index (χ1n) is 11.8. The average Bonchev–Trinajstić information content (AvgIpc) is 3.57. The molecule has 0 saturated heterocycles. The van der Waals surface area contributed by atoms with Crippen molar-refractivity contribution in [3.63, 3.8) is 0 Å². The molecule has 11 nitrogen and oxygen atoms in total. The Morgan fingerprint density at radius 3 is 2.33 bits per heavy atom. The Hall–Kier alpha value is -4.97. The number of hydrogen-bond donors (Lipinski definition) is 1. The maximum Gasteiger partial charge on any atom is 0.262 e. The van der Waals surface area contributed by atoms with Crippen LogP contribution in [0.4, 0.5) is 5.69 Å². The number of benzene rings is 2. The fraction of sp³-hybridized carbons (Fsp3) is 0.148. The van der Waals surface area contributed by atoms with Crippen LogP contribution in [0.5, 0.6) is 5.75 Å². The zero-order chi connectivity index (χ0) is 27.4. The molecule has 0 bridgehead atoms. The Kier molecular flexibility index (Phi) is 7.37. The molecule has 1 atom stereocenters. The molecule has 1 N–H and O–H groups in total. The van der Waals surface area contributed by atoms with Crippen LogP contribution in [-0.4, -0.2) is 61.7 Å². The van der Waals surface area contributed by atoms with Gasteiger partial charge in [-0.2, -0.15) is 0 Å². The van der Waals surface area contributed by atoms with Crippen molar-refractivity contribution in [1.82, 2.24) is 24.4 Å². The van der Waals surface area contributed by atoms with Crippen LogP contribution in [0.25, 0.3) is 0 Å². The predicted octanol–water partition coefficient (Wildman–Crippen LogP) is 2.95. The summed E-state index contributed by atoms with van der Waals surface area (Å²) in [5.74, 6) is -1.70. The summed E-state index contributed by atoms with van der Waals surface area (Å²) in [7, 11) is 1.54. The molecule has 1 unspecified atom stereocenters. The number of anilines is 1. The second kappa shape index (κ2) is 11.2. The van der Waals surface area contributed by atoms with Gasteiger partial charge in [0.15, 0.2) is 6.04 Å². The zero-order valence-corrected chi connectivity index (χ0v) is 21.5. The van der Waals surface area contributed by atoms with Gasteiger partial charge < -0.3 is 15.0 Å². The number of pyridine rings is 1. The highest BCUT2D eigenvalue weighted by Gasteiger charge is 2.40. The summed E-state index contributed by atoms with van der Waals surface area (Å²) in [6.07, 6.45) is 3.16. The summed E-state index contributed by atoms with van der Waals surface area (Å²) in [6.45, 7) is -0.593. The van der Waals surface area contributed by atoms with E-state index in [1.807, 2.05) is 0 Å². The first-order valence-corrected chi connectivity index (χ1v) is 12.7. The summed E-state index contributed by atoms with van der Waals surface area (Å²) in [5.41, 5.74) is 1.81. The number of ether oxygens (including phenoxy) is 1. The van der Waals surface area contributed by atoms with E-state index in [1.165, 1.54) is 12.0 Å². The molecule has 2 aromatic carbocycles. The predicted molar refractivity (Wildman–Crippen MR) is 141 cm³/mol. The molecule has 0 saturated carbocycles. The minimum absolute atomic E-state index is 0.0337. The van der Waals surface area contributed by atoms with E-state index in [9.17, 15) is 19.2 Å². The molecular formula is C27H22N6O5S. The van der Waals surface area contributed by atoms with Crippen LogP contribution >= 0.6 is 11.5 Å². The number of aromatic nitrogens is 3. The van der Waals surface area contributed by atoms with E-state index in [1.54, 1.807) is 78.4 Å². The third-order valence-electron chi connectivity index (χ3n) is 6.14. The monoisotopic (exact) mass is 542 g/mol. The van der Waals surface area contributed by atoms with Crippen molar-refractivity contribution in [2.24, 2.45) is 0 Å². The molecular weight excluding hydrogens is 520 g/mol. The first-order chi connectivity index (χ1) is 19.0. The van der Waals surface area contributed by atoms with Gasteiger partial charge in [-0.3, -0.25) is 29.1 Å². The van der Waals surface area contributed by atoms with Crippen LogP contribution in [0.2, 0.25) is 0 Å². The third-order valence-corrected chi connectivity index (χ3v) is 6.67. The van der Waals surface area contributed by atoms with Gasteiger partial charge in [-0.1, -0.05) is 22.7 Å². The Labute approximate surface area is 227 Å². The van der Waals surface area contributed by atoms with E-state index in [0.29, 0.717) is 17.0 Å². The van der Waals surface area contributed by atoms with Crippen molar-refractivity contribution < 1.29 is 23.9 Å². The molecule has 0 spiro atoms. The number of carbonyl (C=O) groups is 4. The lowest BCUT2D eigenvalue weighted by Gasteiger charge is -2.31. The Morgan fingerprint density at radius 2 is 1.74 bits per heavy atom. The third kappa shape index (κ3) is 5.36. The van der Waals surface area contributed by atoms with Crippen molar-refractivity contribution in [3.05, 3.63) is 101 Å². The molecule has 0 radical (unpaired) electrons. The van der Waals surface area contributed by atoms with Gasteiger partial charge >= 0.3 is 0 Å². The number of fused-ring (bicyclic) bond motifs is 1. The van der Waals surface area contributed by atoms with E-state index >= 15 is 0 Å². The minimum atomic E-state index is -1.21. The number of nitrogens with one attached hydrogen (secondary N) is 1. The largest absolute Gasteiger partial charge is 0.497 e. The smallest absolute Gasteiger partial charge is 0.262 e. The van der Waals surface area contributed by atoms with Crippen LogP contribution in [-0.2, 0) is 16.1 Å². The molecule has 1 aliphatic rings. The standard InChI is InChI=1S/C27H22N6O5S/c1-38-19-10-8-18(9-11-19)29-25(35)24(22-16-39-31-30-22)32(14-17-5-4-12-28-13-17)23(34)15-33-26(36)20-6-2-3-7-21(20)27(33)37/h2-13,16,24H,14-15H2,1H3,(H,29,35). The van der Waals surface area contributed by atoms with Crippen molar-refractivity contribution in [1.29, 1.82) is 0 Å². The number of imide groups is 1. The second-order valence-electron chi connectivity index (χ2n) is 8.58. The van der Waals surface area contributed by atoms with Crippen molar-refractivity contribution in [2.45, 2.75) is 12.6 Å².